The number of hydrogen-bond acceptors (Lipinski definition) is 4. The quantitative estimate of drug-likeness (QED) is 0.713. The van der Waals surface area contributed by atoms with Gasteiger partial charge in [0.1, 0.15) is 12.1 Å². The molecule has 0 saturated carbocycles. The number of hydrogen-bond donors (Lipinski definition) is 0. The Bertz CT molecular complexity index is 1010. The summed E-state index contributed by atoms with van der Waals surface area (Å²) in [4.78, 5) is 8.00. The van der Waals surface area contributed by atoms with Gasteiger partial charge in [-0.1, -0.05) is 23.7 Å². The molecule has 5 nitrogen and oxygen atoms in total. The first-order chi connectivity index (χ1) is 11.3. The van der Waals surface area contributed by atoms with Crippen molar-refractivity contribution >= 4 is 21.4 Å². The van der Waals surface area contributed by atoms with Crippen LogP contribution in [0.3, 0.4) is 0 Å². The topological polar surface area (TPSA) is 64.8 Å². The third-order valence-electron chi connectivity index (χ3n) is 3.55. The number of nitrogens with zero attached hydrogens (tertiary/aromatic N) is 3. The number of rotatable bonds is 3. The van der Waals surface area contributed by atoms with Crippen LogP contribution >= 0.6 is 11.6 Å². The van der Waals surface area contributed by atoms with Crippen molar-refractivity contribution in [3.63, 3.8) is 0 Å². The summed E-state index contributed by atoms with van der Waals surface area (Å²) in [5.74, 6) is -0.345. The maximum absolute atomic E-state index is 13.9. The molecule has 2 aromatic heterocycles. The van der Waals surface area contributed by atoms with Crippen LogP contribution in [0.5, 0.6) is 0 Å². The molecule has 0 aliphatic carbocycles. The lowest BCUT2D eigenvalue weighted by molar-refractivity contribution is 0.598. The van der Waals surface area contributed by atoms with Gasteiger partial charge in [-0.25, -0.2) is 22.8 Å². The average Bonchev–Trinajstić information content (AvgIpc) is 2.91. The third kappa shape index (κ3) is 3.05. The molecule has 3 aromatic rings. The molecule has 0 fully saturated rings. The van der Waals surface area contributed by atoms with Crippen LogP contribution in [0.1, 0.15) is 5.56 Å². The van der Waals surface area contributed by atoms with E-state index in [-0.39, 0.29) is 16.0 Å². The van der Waals surface area contributed by atoms with Crippen molar-refractivity contribution in [3.05, 3.63) is 59.4 Å². The zero-order chi connectivity index (χ0) is 17.5. The summed E-state index contributed by atoms with van der Waals surface area (Å²) in [7, 11) is -3.38. The standard InChI is InChI=1S/C16H13ClFN3O2S/c1-10-3-4-11(7-13(10)18)15-16(17)20-9-21(15)12-5-6-14(19-8-12)24(2,22)23/h3-9H,1-2H3. The number of aryl methyl sites for hydroxylation is 1. The van der Waals surface area contributed by atoms with E-state index < -0.39 is 9.84 Å². The fourth-order valence-corrected chi connectivity index (χ4v) is 3.06. The lowest BCUT2D eigenvalue weighted by atomic mass is 10.1. The van der Waals surface area contributed by atoms with E-state index in [1.165, 1.54) is 24.7 Å². The van der Waals surface area contributed by atoms with Crippen molar-refractivity contribution in [3.8, 4) is 16.9 Å². The Morgan fingerprint density at radius 2 is 1.92 bits per heavy atom. The van der Waals surface area contributed by atoms with Crippen LogP contribution in [-0.2, 0) is 9.84 Å². The molecule has 8 heteroatoms. The minimum atomic E-state index is -3.38. The number of sulfone groups is 1. The highest BCUT2D eigenvalue weighted by molar-refractivity contribution is 7.90. The SMILES string of the molecule is Cc1ccc(-c2c(Cl)ncn2-c2ccc(S(C)(=O)=O)nc2)cc1F. The summed E-state index contributed by atoms with van der Waals surface area (Å²) in [6.45, 7) is 1.67. The van der Waals surface area contributed by atoms with Gasteiger partial charge >= 0.3 is 0 Å². The van der Waals surface area contributed by atoms with Crippen molar-refractivity contribution in [2.24, 2.45) is 0 Å². The molecular formula is C16H13ClFN3O2S. The van der Waals surface area contributed by atoms with E-state index in [4.69, 9.17) is 11.6 Å². The minimum absolute atomic E-state index is 0.0274. The molecule has 0 spiro atoms. The molecule has 0 bridgehead atoms. The predicted octanol–water partition coefficient (Wildman–Crippen LogP) is 3.44. The summed E-state index contributed by atoms with van der Waals surface area (Å²) in [6.07, 6.45) is 3.97. The number of aromatic nitrogens is 3. The van der Waals surface area contributed by atoms with Crippen LogP contribution in [0.15, 0.2) is 47.9 Å². The van der Waals surface area contributed by atoms with Crippen molar-refractivity contribution < 1.29 is 12.8 Å². The van der Waals surface area contributed by atoms with E-state index in [1.54, 1.807) is 29.7 Å². The largest absolute Gasteiger partial charge is 0.296 e. The summed E-state index contributed by atoms with van der Waals surface area (Å²) < 4.78 is 38.5. The second kappa shape index (κ2) is 5.99. The third-order valence-corrected chi connectivity index (χ3v) is 4.82. The molecule has 0 unspecified atom stereocenters. The minimum Gasteiger partial charge on any atom is -0.296 e. The van der Waals surface area contributed by atoms with Crippen LogP contribution in [0, 0.1) is 12.7 Å². The van der Waals surface area contributed by atoms with Gasteiger partial charge in [0.25, 0.3) is 0 Å². The van der Waals surface area contributed by atoms with Crippen LogP contribution in [-0.4, -0.2) is 29.2 Å². The van der Waals surface area contributed by atoms with Gasteiger partial charge in [-0.2, -0.15) is 0 Å². The Morgan fingerprint density at radius 3 is 2.50 bits per heavy atom. The first kappa shape index (κ1) is 16.6. The molecule has 3 rings (SSSR count). The Morgan fingerprint density at radius 1 is 1.17 bits per heavy atom. The Balaban J connectivity index is 2.12. The Hall–Kier alpha value is -2.25. The van der Waals surface area contributed by atoms with Gasteiger partial charge in [0.2, 0.25) is 0 Å². The maximum Gasteiger partial charge on any atom is 0.192 e. The molecule has 2 heterocycles. The first-order valence-electron chi connectivity index (χ1n) is 6.93. The van der Waals surface area contributed by atoms with E-state index >= 15 is 0 Å². The molecule has 0 amide bonds. The van der Waals surface area contributed by atoms with Crippen LogP contribution < -0.4 is 0 Å². The zero-order valence-electron chi connectivity index (χ0n) is 12.9. The van der Waals surface area contributed by atoms with Crippen molar-refractivity contribution in [2.45, 2.75) is 11.9 Å². The Kier molecular flexibility index (Phi) is 4.15. The van der Waals surface area contributed by atoms with Crippen LogP contribution in [0.25, 0.3) is 16.9 Å². The molecule has 0 aliphatic heterocycles. The molecular weight excluding hydrogens is 353 g/mol. The van der Waals surface area contributed by atoms with Gasteiger partial charge in [-0.3, -0.25) is 4.57 Å². The van der Waals surface area contributed by atoms with Gasteiger partial charge in [-0.05, 0) is 30.7 Å². The second-order valence-electron chi connectivity index (χ2n) is 5.34. The summed E-state index contributed by atoms with van der Waals surface area (Å²) in [5.41, 5.74) is 2.16. The molecule has 0 saturated heterocycles. The van der Waals surface area contributed by atoms with Crippen LogP contribution in [0.4, 0.5) is 4.39 Å². The lowest BCUT2D eigenvalue weighted by Gasteiger charge is -2.10. The number of imidazole rings is 1. The van der Waals surface area contributed by atoms with E-state index in [1.807, 2.05) is 0 Å². The van der Waals surface area contributed by atoms with Crippen molar-refractivity contribution in [1.29, 1.82) is 0 Å². The van der Waals surface area contributed by atoms with Crippen molar-refractivity contribution in [2.75, 3.05) is 6.26 Å². The normalized spacial score (nSPS) is 11.7. The highest BCUT2D eigenvalue weighted by Crippen LogP contribution is 2.30. The summed E-state index contributed by atoms with van der Waals surface area (Å²) >= 11 is 6.15. The first-order valence-corrected chi connectivity index (χ1v) is 9.20. The van der Waals surface area contributed by atoms with Crippen molar-refractivity contribution in [1.82, 2.24) is 14.5 Å². The number of pyridine rings is 1. The number of halogens is 2. The van der Waals surface area contributed by atoms with E-state index in [0.29, 0.717) is 22.5 Å². The van der Waals surface area contributed by atoms with E-state index in [2.05, 4.69) is 9.97 Å². The molecule has 0 radical (unpaired) electrons. The number of benzene rings is 1. The average molecular weight is 366 g/mol. The highest BCUT2D eigenvalue weighted by Gasteiger charge is 2.15. The highest BCUT2D eigenvalue weighted by atomic mass is 35.5. The molecule has 124 valence electrons. The van der Waals surface area contributed by atoms with Gasteiger partial charge in [-0.15, -0.1) is 0 Å². The fourth-order valence-electron chi connectivity index (χ4n) is 2.26. The van der Waals surface area contributed by atoms with Crippen LogP contribution in [0.2, 0.25) is 5.15 Å². The molecule has 0 N–H and O–H groups in total. The fraction of sp³-hybridized carbons (Fsp3) is 0.125. The summed E-state index contributed by atoms with van der Waals surface area (Å²) in [6, 6.07) is 7.78. The lowest BCUT2D eigenvalue weighted by Crippen LogP contribution is -2.02. The molecule has 0 atom stereocenters. The monoisotopic (exact) mass is 365 g/mol. The molecule has 1 aromatic carbocycles. The summed E-state index contributed by atoms with van der Waals surface area (Å²) in [5, 5.41) is 0.186. The maximum atomic E-state index is 13.9. The van der Waals surface area contributed by atoms with Gasteiger partial charge in [0.15, 0.2) is 20.0 Å². The molecule has 0 aliphatic rings. The predicted molar refractivity (Wildman–Crippen MR) is 89.6 cm³/mol. The Labute approximate surface area is 143 Å². The van der Waals surface area contributed by atoms with Gasteiger partial charge in [0.05, 0.1) is 17.6 Å². The van der Waals surface area contributed by atoms with E-state index in [0.717, 1.165) is 6.26 Å². The zero-order valence-corrected chi connectivity index (χ0v) is 14.4. The molecule has 24 heavy (non-hydrogen) atoms. The van der Waals surface area contributed by atoms with Gasteiger partial charge in [0, 0.05) is 11.8 Å². The van der Waals surface area contributed by atoms with Gasteiger partial charge < -0.3 is 0 Å². The second-order valence-corrected chi connectivity index (χ2v) is 7.67. The smallest absolute Gasteiger partial charge is 0.192 e. The van der Waals surface area contributed by atoms with E-state index in [9.17, 15) is 12.8 Å².